The van der Waals surface area contributed by atoms with E-state index < -0.39 is 0 Å². The molecule has 0 saturated carbocycles. The van der Waals surface area contributed by atoms with Gasteiger partial charge in [0.1, 0.15) is 0 Å². The molecule has 1 heterocycles. The lowest BCUT2D eigenvalue weighted by atomic mass is 10.1. The van der Waals surface area contributed by atoms with Crippen molar-refractivity contribution < 1.29 is 0 Å². The smallest absolute Gasteiger partial charge is 0.0854 e. The first-order valence-electron chi connectivity index (χ1n) is 3.60. The van der Waals surface area contributed by atoms with E-state index in [2.05, 4.69) is 24.2 Å². The van der Waals surface area contributed by atoms with Gasteiger partial charge in [-0.2, -0.15) is 0 Å². The Hall–Kier alpha value is -0.860. The molecule has 0 aliphatic carbocycles. The van der Waals surface area contributed by atoms with Gasteiger partial charge in [-0.15, -0.1) is 5.10 Å². The summed E-state index contributed by atoms with van der Waals surface area (Å²) in [6.45, 7) is 4.31. The lowest BCUT2D eigenvalue weighted by Gasteiger charge is -2.00. The van der Waals surface area contributed by atoms with E-state index in [-0.39, 0.29) is 0 Å². The van der Waals surface area contributed by atoms with Crippen molar-refractivity contribution in [2.75, 3.05) is 0 Å². The molecule has 1 aromatic heterocycles. The van der Waals surface area contributed by atoms with Crippen LogP contribution in [-0.4, -0.2) is 15.0 Å². The number of hydrogen-bond donors (Lipinski definition) is 0. The Morgan fingerprint density at radius 1 is 1.70 bits per heavy atom. The lowest BCUT2D eigenvalue weighted by Crippen LogP contribution is -1.90. The molecule has 1 unspecified atom stereocenters. The van der Waals surface area contributed by atoms with Crippen LogP contribution >= 0.6 is 0 Å². The molecule has 1 aromatic rings. The summed E-state index contributed by atoms with van der Waals surface area (Å²) >= 11 is 0. The van der Waals surface area contributed by atoms with Gasteiger partial charge < -0.3 is 0 Å². The first-order chi connectivity index (χ1) is 4.74. The highest BCUT2D eigenvalue weighted by Gasteiger charge is 2.05. The second kappa shape index (κ2) is 2.82. The van der Waals surface area contributed by atoms with Crippen molar-refractivity contribution in [2.24, 2.45) is 7.05 Å². The lowest BCUT2D eigenvalue weighted by molar-refractivity contribution is 0.691. The van der Waals surface area contributed by atoms with Crippen LogP contribution in [0.1, 0.15) is 31.9 Å². The van der Waals surface area contributed by atoms with Gasteiger partial charge >= 0.3 is 0 Å². The summed E-state index contributed by atoms with van der Waals surface area (Å²) in [6.07, 6.45) is 3.09. The molecule has 0 aliphatic heterocycles. The highest BCUT2D eigenvalue weighted by Crippen LogP contribution is 2.13. The summed E-state index contributed by atoms with van der Waals surface area (Å²) in [6, 6.07) is 0. The zero-order valence-corrected chi connectivity index (χ0v) is 6.70. The summed E-state index contributed by atoms with van der Waals surface area (Å²) < 4.78 is 1.74. The summed E-state index contributed by atoms with van der Waals surface area (Å²) in [7, 11) is 1.89. The summed E-state index contributed by atoms with van der Waals surface area (Å²) in [4.78, 5) is 0. The molecule has 0 spiro atoms. The normalized spacial score (nSPS) is 13.5. The second-order valence-corrected chi connectivity index (χ2v) is 2.63. The Kier molecular flexibility index (Phi) is 2.04. The van der Waals surface area contributed by atoms with Gasteiger partial charge in [-0.25, -0.2) is 0 Å². The van der Waals surface area contributed by atoms with Gasteiger partial charge in [-0.1, -0.05) is 19.1 Å². The van der Waals surface area contributed by atoms with Gasteiger partial charge in [-0.05, 0) is 6.42 Å². The van der Waals surface area contributed by atoms with Crippen LogP contribution in [0.4, 0.5) is 0 Å². The second-order valence-electron chi connectivity index (χ2n) is 2.63. The van der Waals surface area contributed by atoms with Crippen LogP contribution in [0, 0.1) is 0 Å². The van der Waals surface area contributed by atoms with E-state index in [9.17, 15) is 0 Å². The van der Waals surface area contributed by atoms with E-state index in [1.54, 1.807) is 4.68 Å². The van der Waals surface area contributed by atoms with Crippen molar-refractivity contribution in [1.82, 2.24) is 15.0 Å². The molecule has 0 fully saturated rings. The average molecular weight is 139 g/mol. The molecule has 0 aromatic carbocycles. The van der Waals surface area contributed by atoms with Gasteiger partial charge in [0, 0.05) is 19.2 Å². The van der Waals surface area contributed by atoms with Crippen LogP contribution in [0.5, 0.6) is 0 Å². The maximum atomic E-state index is 4.00. The SMILES string of the molecule is CCC(C)c1cn(C)nn1. The quantitative estimate of drug-likeness (QED) is 0.618. The van der Waals surface area contributed by atoms with Crippen molar-refractivity contribution in [1.29, 1.82) is 0 Å². The minimum atomic E-state index is 0.536. The fourth-order valence-corrected chi connectivity index (χ4v) is 0.800. The van der Waals surface area contributed by atoms with E-state index in [4.69, 9.17) is 0 Å². The van der Waals surface area contributed by atoms with E-state index in [0.717, 1.165) is 12.1 Å². The number of aromatic nitrogens is 3. The van der Waals surface area contributed by atoms with E-state index in [1.807, 2.05) is 13.2 Å². The number of rotatable bonds is 2. The standard InChI is InChI=1S/C7H13N3/c1-4-6(2)7-5-10(3)9-8-7/h5-6H,4H2,1-3H3. The van der Waals surface area contributed by atoms with Gasteiger partial charge in [0.15, 0.2) is 0 Å². The van der Waals surface area contributed by atoms with Gasteiger partial charge in [0.25, 0.3) is 0 Å². The Morgan fingerprint density at radius 2 is 2.40 bits per heavy atom. The Bertz CT molecular complexity index is 204. The average Bonchev–Trinajstić information content (AvgIpc) is 2.34. The maximum absolute atomic E-state index is 4.00. The van der Waals surface area contributed by atoms with Crippen LogP contribution in [0.25, 0.3) is 0 Å². The summed E-state index contributed by atoms with van der Waals surface area (Å²) in [5.41, 5.74) is 1.09. The number of hydrogen-bond acceptors (Lipinski definition) is 2. The van der Waals surface area contributed by atoms with Crippen LogP contribution in [0.2, 0.25) is 0 Å². The third-order valence-electron chi connectivity index (χ3n) is 1.74. The maximum Gasteiger partial charge on any atom is 0.0854 e. The fourth-order valence-electron chi connectivity index (χ4n) is 0.800. The van der Waals surface area contributed by atoms with Gasteiger partial charge in [-0.3, -0.25) is 4.68 Å². The molecule has 0 bridgehead atoms. The largest absolute Gasteiger partial charge is 0.255 e. The van der Waals surface area contributed by atoms with Crippen molar-refractivity contribution in [2.45, 2.75) is 26.2 Å². The van der Waals surface area contributed by atoms with E-state index in [0.29, 0.717) is 5.92 Å². The summed E-state index contributed by atoms with van der Waals surface area (Å²) in [5, 5.41) is 7.85. The Morgan fingerprint density at radius 3 is 2.80 bits per heavy atom. The van der Waals surface area contributed by atoms with Gasteiger partial charge in [0.2, 0.25) is 0 Å². The van der Waals surface area contributed by atoms with Crippen molar-refractivity contribution in [3.8, 4) is 0 Å². The van der Waals surface area contributed by atoms with E-state index >= 15 is 0 Å². The zero-order chi connectivity index (χ0) is 7.56. The molecule has 0 amide bonds. The Balaban J connectivity index is 2.74. The summed E-state index contributed by atoms with van der Waals surface area (Å²) in [5.74, 6) is 0.536. The number of aryl methyl sites for hydroxylation is 1. The molecule has 3 heteroatoms. The van der Waals surface area contributed by atoms with Crippen LogP contribution in [0.3, 0.4) is 0 Å². The molecule has 0 aliphatic rings. The molecule has 0 radical (unpaired) electrons. The number of nitrogens with zero attached hydrogens (tertiary/aromatic N) is 3. The molecule has 1 rings (SSSR count). The topological polar surface area (TPSA) is 30.7 Å². The molecular weight excluding hydrogens is 126 g/mol. The highest BCUT2D eigenvalue weighted by molar-refractivity contribution is 4.98. The first-order valence-corrected chi connectivity index (χ1v) is 3.60. The fraction of sp³-hybridized carbons (Fsp3) is 0.714. The van der Waals surface area contributed by atoms with Crippen molar-refractivity contribution in [3.05, 3.63) is 11.9 Å². The predicted molar refractivity (Wildman–Crippen MR) is 39.7 cm³/mol. The highest BCUT2D eigenvalue weighted by atomic mass is 15.4. The van der Waals surface area contributed by atoms with Crippen molar-refractivity contribution >= 4 is 0 Å². The third-order valence-corrected chi connectivity index (χ3v) is 1.74. The van der Waals surface area contributed by atoms with Crippen LogP contribution in [-0.2, 0) is 7.05 Å². The van der Waals surface area contributed by atoms with Crippen LogP contribution in [0.15, 0.2) is 6.20 Å². The van der Waals surface area contributed by atoms with Crippen molar-refractivity contribution in [3.63, 3.8) is 0 Å². The van der Waals surface area contributed by atoms with Crippen LogP contribution < -0.4 is 0 Å². The first kappa shape index (κ1) is 7.25. The minimum absolute atomic E-state index is 0.536. The monoisotopic (exact) mass is 139 g/mol. The zero-order valence-electron chi connectivity index (χ0n) is 6.70. The molecule has 0 saturated heterocycles. The molecule has 10 heavy (non-hydrogen) atoms. The minimum Gasteiger partial charge on any atom is -0.255 e. The molecule has 0 N–H and O–H groups in total. The molecule has 3 nitrogen and oxygen atoms in total. The predicted octanol–water partition coefficient (Wildman–Crippen LogP) is 1.33. The van der Waals surface area contributed by atoms with Gasteiger partial charge in [0.05, 0.1) is 5.69 Å². The third kappa shape index (κ3) is 1.35. The molecule has 1 atom stereocenters. The Labute approximate surface area is 61.1 Å². The molecular formula is C7H13N3. The van der Waals surface area contributed by atoms with E-state index in [1.165, 1.54) is 0 Å². The molecule has 56 valence electrons.